The molecule has 1 aliphatic rings. The maximum atomic E-state index is 12.7. The van der Waals surface area contributed by atoms with E-state index >= 15 is 0 Å². The van der Waals surface area contributed by atoms with Gasteiger partial charge in [0.15, 0.2) is 11.5 Å². The van der Waals surface area contributed by atoms with Crippen molar-refractivity contribution in [2.24, 2.45) is 0 Å². The van der Waals surface area contributed by atoms with E-state index in [4.69, 9.17) is 25.8 Å². The lowest BCUT2D eigenvalue weighted by atomic mass is 10.3. The Balaban J connectivity index is 1.71. The number of carbonyl (C=O) groups excluding carboxylic acids is 1. The van der Waals surface area contributed by atoms with Crippen molar-refractivity contribution in [2.45, 2.75) is 11.3 Å². The predicted octanol–water partition coefficient (Wildman–Crippen LogP) is 2.73. The molecule has 0 unspecified atom stereocenters. The topological polar surface area (TPSA) is 82.1 Å². The zero-order valence-corrected chi connectivity index (χ0v) is 16.1. The Morgan fingerprint density at radius 2 is 1.78 bits per heavy atom. The van der Waals surface area contributed by atoms with Crippen LogP contribution in [0.3, 0.4) is 0 Å². The second-order valence-corrected chi connectivity index (χ2v) is 8.33. The van der Waals surface area contributed by atoms with Gasteiger partial charge in [-0.25, -0.2) is 8.42 Å². The SMILES string of the molecule is CN(CC(=O)Oc1ccc(Cl)cc1)S(=O)(=O)c1ccc2c(c1)OCCCO2. The summed E-state index contributed by atoms with van der Waals surface area (Å²) >= 11 is 5.77. The maximum Gasteiger partial charge on any atom is 0.326 e. The number of hydrogen-bond acceptors (Lipinski definition) is 6. The zero-order chi connectivity index (χ0) is 19.4. The van der Waals surface area contributed by atoms with E-state index in [1.54, 1.807) is 18.2 Å². The Morgan fingerprint density at radius 1 is 1.11 bits per heavy atom. The first-order valence-electron chi connectivity index (χ1n) is 8.18. The highest BCUT2D eigenvalue weighted by molar-refractivity contribution is 7.89. The van der Waals surface area contributed by atoms with E-state index in [0.717, 1.165) is 4.31 Å². The molecule has 9 heteroatoms. The predicted molar refractivity (Wildman–Crippen MR) is 99.0 cm³/mol. The lowest BCUT2D eigenvalue weighted by Gasteiger charge is -2.17. The van der Waals surface area contributed by atoms with Gasteiger partial charge in [-0.1, -0.05) is 11.6 Å². The fraction of sp³-hybridized carbons (Fsp3) is 0.278. The number of benzene rings is 2. The number of nitrogens with zero attached hydrogens (tertiary/aromatic N) is 1. The minimum atomic E-state index is -3.90. The van der Waals surface area contributed by atoms with Gasteiger partial charge in [-0.3, -0.25) is 4.79 Å². The molecule has 7 nitrogen and oxygen atoms in total. The molecule has 2 aromatic rings. The minimum absolute atomic E-state index is 0.00791. The number of likely N-dealkylation sites (N-methyl/N-ethyl adjacent to an activating group) is 1. The number of ether oxygens (including phenoxy) is 3. The van der Waals surface area contributed by atoms with Crippen molar-refractivity contribution in [3.8, 4) is 17.2 Å². The molecule has 0 saturated carbocycles. The lowest BCUT2D eigenvalue weighted by molar-refractivity contribution is -0.134. The standard InChI is InChI=1S/C18H18ClNO6S/c1-20(12-18(21)26-14-5-3-13(19)4-6-14)27(22,23)15-7-8-16-17(11-15)25-10-2-9-24-16/h3-8,11H,2,9-10,12H2,1H3. The Bertz CT molecular complexity index is 929. The molecule has 0 N–H and O–H groups in total. The van der Waals surface area contributed by atoms with Crippen molar-refractivity contribution in [3.63, 3.8) is 0 Å². The highest BCUT2D eigenvalue weighted by atomic mass is 35.5. The Morgan fingerprint density at radius 3 is 2.48 bits per heavy atom. The van der Waals surface area contributed by atoms with Crippen LogP contribution in [-0.2, 0) is 14.8 Å². The molecule has 27 heavy (non-hydrogen) atoms. The van der Waals surface area contributed by atoms with Crippen molar-refractivity contribution < 1.29 is 27.4 Å². The third kappa shape index (κ3) is 4.71. The fourth-order valence-corrected chi connectivity index (χ4v) is 3.67. The third-order valence-corrected chi connectivity index (χ3v) is 5.88. The summed E-state index contributed by atoms with van der Waals surface area (Å²) in [6.45, 7) is 0.509. The first kappa shape index (κ1) is 19.5. The van der Waals surface area contributed by atoms with Crippen LogP contribution >= 0.6 is 11.6 Å². The summed E-state index contributed by atoms with van der Waals surface area (Å²) < 4.78 is 42.6. The van der Waals surface area contributed by atoms with E-state index in [-0.39, 0.29) is 10.6 Å². The van der Waals surface area contributed by atoms with Gasteiger partial charge >= 0.3 is 5.97 Å². The molecule has 1 aliphatic heterocycles. The summed E-state index contributed by atoms with van der Waals surface area (Å²) in [5.74, 6) is 0.436. The van der Waals surface area contributed by atoms with Crippen LogP contribution in [0, 0.1) is 0 Å². The first-order chi connectivity index (χ1) is 12.9. The number of esters is 1. The smallest absolute Gasteiger partial charge is 0.326 e. The second-order valence-electron chi connectivity index (χ2n) is 5.85. The van der Waals surface area contributed by atoms with Gasteiger partial charge in [0.1, 0.15) is 12.3 Å². The summed E-state index contributed by atoms with van der Waals surface area (Å²) in [4.78, 5) is 12.1. The average molecular weight is 412 g/mol. The molecule has 0 aromatic heterocycles. The highest BCUT2D eigenvalue weighted by Crippen LogP contribution is 2.32. The Hall–Kier alpha value is -2.29. The number of halogens is 1. The van der Waals surface area contributed by atoms with Crippen molar-refractivity contribution in [3.05, 3.63) is 47.5 Å². The molecule has 1 heterocycles. The van der Waals surface area contributed by atoms with E-state index in [9.17, 15) is 13.2 Å². The normalized spacial score (nSPS) is 13.9. The van der Waals surface area contributed by atoms with Crippen LogP contribution in [0.4, 0.5) is 0 Å². The highest BCUT2D eigenvalue weighted by Gasteiger charge is 2.25. The van der Waals surface area contributed by atoms with Crippen LogP contribution < -0.4 is 14.2 Å². The number of fused-ring (bicyclic) bond motifs is 1. The largest absolute Gasteiger partial charge is 0.490 e. The van der Waals surface area contributed by atoms with Crippen molar-refractivity contribution in [1.29, 1.82) is 0 Å². The molecule has 0 saturated heterocycles. The number of rotatable bonds is 5. The van der Waals surface area contributed by atoms with Gasteiger partial charge < -0.3 is 14.2 Å². The molecular weight excluding hydrogens is 394 g/mol. The molecule has 2 aromatic carbocycles. The van der Waals surface area contributed by atoms with Gasteiger partial charge in [0.05, 0.1) is 18.1 Å². The molecule has 0 amide bonds. The molecule has 0 fully saturated rings. The van der Waals surface area contributed by atoms with E-state index in [1.165, 1.54) is 31.3 Å². The van der Waals surface area contributed by atoms with Crippen molar-refractivity contribution in [1.82, 2.24) is 4.31 Å². The second kappa shape index (κ2) is 8.16. The number of carbonyl (C=O) groups is 1. The summed E-state index contributed by atoms with van der Waals surface area (Å²) in [7, 11) is -2.60. The van der Waals surface area contributed by atoms with Gasteiger partial charge in [0, 0.05) is 24.6 Å². The molecule has 0 bridgehead atoms. The molecule has 0 spiro atoms. The lowest BCUT2D eigenvalue weighted by Crippen LogP contribution is -2.34. The summed E-state index contributed by atoms with van der Waals surface area (Å²) in [6, 6.07) is 10.6. The molecule has 0 atom stereocenters. The summed E-state index contributed by atoms with van der Waals surface area (Å²) in [6.07, 6.45) is 0.715. The van der Waals surface area contributed by atoms with Gasteiger partial charge in [-0.05, 0) is 36.4 Å². The Labute approximate surface area is 162 Å². The van der Waals surface area contributed by atoms with Crippen LogP contribution in [0.5, 0.6) is 17.2 Å². The molecule has 144 valence electrons. The molecule has 3 rings (SSSR count). The van der Waals surface area contributed by atoms with E-state index in [0.29, 0.717) is 36.2 Å². The van der Waals surface area contributed by atoms with Gasteiger partial charge in [0.25, 0.3) is 0 Å². The van der Waals surface area contributed by atoms with Crippen LogP contribution in [0.2, 0.25) is 5.02 Å². The van der Waals surface area contributed by atoms with Crippen LogP contribution in [-0.4, -0.2) is 45.5 Å². The van der Waals surface area contributed by atoms with E-state index in [2.05, 4.69) is 0 Å². The number of hydrogen-bond donors (Lipinski definition) is 0. The summed E-state index contributed by atoms with van der Waals surface area (Å²) in [5, 5.41) is 0.504. The van der Waals surface area contributed by atoms with Crippen LogP contribution in [0.25, 0.3) is 0 Å². The quantitative estimate of drug-likeness (QED) is 0.555. The zero-order valence-electron chi connectivity index (χ0n) is 14.6. The van der Waals surface area contributed by atoms with Crippen LogP contribution in [0.15, 0.2) is 47.4 Å². The number of sulfonamides is 1. The van der Waals surface area contributed by atoms with Gasteiger partial charge in [-0.15, -0.1) is 0 Å². The monoisotopic (exact) mass is 411 g/mol. The average Bonchev–Trinajstić information content (AvgIpc) is 2.88. The molecule has 0 radical (unpaired) electrons. The van der Waals surface area contributed by atoms with Gasteiger partial charge in [0.2, 0.25) is 10.0 Å². The first-order valence-corrected chi connectivity index (χ1v) is 10.0. The Kier molecular flexibility index (Phi) is 5.88. The molecule has 0 aliphatic carbocycles. The van der Waals surface area contributed by atoms with Crippen molar-refractivity contribution in [2.75, 3.05) is 26.8 Å². The maximum absolute atomic E-state index is 12.7. The van der Waals surface area contributed by atoms with Crippen molar-refractivity contribution >= 4 is 27.6 Å². The van der Waals surface area contributed by atoms with Crippen LogP contribution in [0.1, 0.15) is 6.42 Å². The summed E-state index contributed by atoms with van der Waals surface area (Å²) in [5.41, 5.74) is 0. The molecular formula is C18H18ClNO6S. The minimum Gasteiger partial charge on any atom is -0.490 e. The fourth-order valence-electron chi connectivity index (χ4n) is 2.42. The van der Waals surface area contributed by atoms with Gasteiger partial charge in [-0.2, -0.15) is 4.31 Å². The van der Waals surface area contributed by atoms with E-state index in [1.807, 2.05) is 0 Å². The third-order valence-electron chi connectivity index (χ3n) is 3.82. The van der Waals surface area contributed by atoms with E-state index < -0.39 is 22.5 Å².